The van der Waals surface area contributed by atoms with Gasteiger partial charge in [0.2, 0.25) is 0 Å². The standard InChI is InChI=1S/C7H9O2/c1-4-7(2,3)5-9-6-8/h1H,5H2,2-3H3. The molecule has 0 aliphatic carbocycles. The van der Waals surface area contributed by atoms with Crippen LogP contribution in [0, 0.1) is 17.8 Å². The van der Waals surface area contributed by atoms with Gasteiger partial charge in [-0.15, -0.1) is 6.42 Å². The number of ether oxygens (including phenoxy) is 1. The fourth-order valence-electron chi connectivity index (χ4n) is 0.252. The molecule has 0 N–H and O–H groups in total. The van der Waals surface area contributed by atoms with Crippen LogP contribution in [0.2, 0.25) is 0 Å². The number of rotatable bonds is 3. The Hall–Kier alpha value is -0.970. The minimum Gasteiger partial charge on any atom is -0.456 e. The van der Waals surface area contributed by atoms with Crippen molar-refractivity contribution in [3.8, 4) is 12.3 Å². The van der Waals surface area contributed by atoms with E-state index < -0.39 is 0 Å². The van der Waals surface area contributed by atoms with Crippen molar-refractivity contribution in [3.05, 3.63) is 0 Å². The summed E-state index contributed by atoms with van der Waals surface area (Å²) in [6.45, 7) is 5.16. The summed E-state index contributed by atoms with van der Waals surface area (Å²) in [7, 11) is 0. The molecule has 0 spiro atoms. The van der Waals surface area contributed by atoms with Gasteiger partial charge in [-0.05, 0) is 13.8 Å². The molecule has 0 heterocycles. The normalized spacial score (nSPS) is 9.89. The molecule has 0 aromatic carbocycles. The number of carbonyl (C=O) groups excluding carboxylic acids is 1. The molecule has 0 aromatic rings. The van der Waals surface area contributed by atoms with Gasteiger partial charge in [-0.25, -0.2) is 4.79 Å². The van der Waals surface area contributed by atoms with Gasteiger partial charge in [0.15, 0.2) is 0 Å². The van der Waals surface area contributed by atoms with Gasteiger partial charge >= 0.3 is 6.47 Å². The van der Waals surface area contributed by atoms with E-state index in [1.165, 1.54) is 6.47 Å². The Bertz CT molecular complexity index is 130. The predicted octanol–water partition coefficient (Wildman–Crippen LogP) is 0.730. The molecule has 0 aliphatic heterocycles. The first-order valence-corrected chi connectivity index (χ1v) is 2.59. The Morgan fingerprint density at radius 3 is 2.56 bits per heavy atom. The quantitative estimate of drug-likeness (QED) is 0.520. The van der Waals surface area contributed by atoms with Crippen LogP contribution in [0.4, 0.5) is 0 Å². The Morgan fingerprint density at radius 1 is 1.67 bits per heavy atom. The monoisotopic (exact) mass is 125 g/mol. The van der Waals surface area contributed by atoms with Gasteiger partial charge in [-0.3, -0.25) is 0 Å². The average Bonchev–Trinajstić information content (AvgIpc) is 1.84. The Balaban J connectivity index is 3.61. The van der Waals surface area contributed by atoms with Gasteiger partial charge in [0.05, 0.1) is 5.41 Å². The third-order valence-corrected chi connectivity index (χ3v) is 0.883. The third kappa shape index (κ3) is 3.60. The summed E-state index contributed by atoms with van der Waals surface area (Å²) in [5, 5.41) is 0. The van der Waals surface area contributed by atoms with Gasteiger partial charge in [0.25, 0.3) is 0 Å². The smallest absolute Gasteiger partial charge is 0.417 e. The molecule has 2 nitrogen and oxygen atoms in total. The minimum absolute atomic E-state index is 0.229. The van der Waals surface area contributed by atoms with Crippen LogP contribution in [-0.2, 0) is 9.53 Å². The van der Waals surface area contributed by atoms with Crippen molar-refractivity contribution in [1.82, 2.24) is 0 Å². The van der Waals surface area contributed by atoms with Crippen LogP contribution in [0.5, 0.6) is 0 Å². The van der Waals surface area contributed by atoms with Gasteiger partial charge in [0, 0.05) is 0 Å². The summed E-state index contributed by atoms with van der Waals surface area (Å²) in [4.78, 5) is 9.55. The van der Waals surface area contributed by atoms with E-state index in [0.29, 0.717) is 0 Å². The van der Waals surface area contributed by atoms with E-state index >= 15 is 0 Å². The second-order valence-corrected chi connectivity index (χ2v) is 2.40. The molecule has 0 atom stereocenters. The highest BCUT2D eigenvalue weighted by Gasteiger charge is 2.13. The molecule has 0 rings (SSSR count). The fourth-order valence-corrected chi connectivity index (χ4v) is 0.252. The van der Waals surface area contributed by atoms with Crippen LogP contribution in [0.25, 0.3) is 0 Å². The molecular formula is C7H9O2. The lowest BCUT2D eigenvalue weighted by molar-refractivity contribution is 0.205. The zero-order valence-electron chi connectivity index (χ0n) is 5.60. The average molecular weight is 125 g/mol. The highest BCUT2D eigenvalue weighted by molar-refractivity contribution is 5.38. The van der Waals surface area contributed by atoms with Crippen LogP contribution in [-0.4, -0.2) is 13.1 Å². The van der Waals surface area contributed by atoms with Gasteiger partial charge in [-0.1, -0.05) is 5.92 Å². The van der Waals surface area contributed by atoms with Crippen molar-refractivity contribution in [2.45, 2.75) is 13.8 Å². The Labute approximate surface area is 55.2 Å². The molecule has 9 heavy (non-hydrogen) atoms. The molecule has 0 aromatic heterocycles. The summed E-state index contributed by atoms with van der Waals surface area (Å²) >= 11 is 0. The second-order valence-electron chi connectivity index (χ2n) is 2.40. The van der Waals surface area contributed by atoms with Crippen molar-refractivity contribution in [1.29, 1.82) is 0 Å². The topological polar surface area (TPSA) is 26.3 Å². The lowest BCUT2D eigenvalue weighted by atomic mass is 9.97. The van der Waals surface area contributed by atoms with E-state index in [9.17, 15) is 4.79 Å². The minimum atomic E-state index is -0.364. The molecule has 0 unspecified atom stereocenters. The van der Waals surface area contributed by atoms with E-state index in [-0.39, 0.29) is 12.0 Å². The summed E-state index contributed by atoms with van der Waals surface area (Å²) in [6, 6.07) is 0. The van der Waals surface area contributed by atoms with Crippen LogP contribution in [0.3, 0.4) is 0 Å². The highest BCUT2D eigenvalue weighted by Crippen LogP contribution is 2.11. The van der Waals surface area contributed by atoms with Crippen molar-refractivity contribution in [2.75, 3.05) is 6.61 Å². The Morgan fingerprint density at radius 2 is 2.22 bits per heavy atom. The maximum atomic E-state index is 9.55. The largest absolute Gasteiger partial charge is 0.456 e. The molecule has 0 amide bonds. The maximum absolute atomic E-state index is 9.55. The number of hydrogen-bond donors (Lipinski definition) is 0. The lowest BCUT2D eigenvalue weighted by Gasteiger charge is -2.13. The van der Waals surface area contributed by atoms with Crippen LogP contribution >= 0.6 is 0 Å². The molecule has 0 saturated heterocycles. The van der Waals surface area contributed by atoms with Crippen LogP contribution in [0.1, 0.15) is 13.8 Å². The molecule has 0 aliphatic rings. The molecule has 0 bridgehead atoms. The van der Waals surface area contributed by atoms with Crippen molar-refractivity contribution in [3.63, 3.8) is 0 Å². The molecule has 1 radical (unpaired) electrons. The first kappa shape index (κ1) is 8.03. The molecule has 0 fully saturated rings. The van der Waals surface area contributed by atoms with E-state index in [1.54, 1.807) is 0 Å². The second kappa shape index (κ2) is 3.13. The van der Waals surface area contributed by atoms with Gasteiger partial charge in [0.1, 0.15) is 6.61 Å². The van der Waals surface area contributed by atoms with Crippen molar-refractivity contribution < 1.29 is 9.53 Å². The molecule has 0 saturated carbocycles. The zero-order chi connectivity index (χ0) is 7.33. The summed E-state index contributed by atoms with van der Waals surface area (Å²) < 4.78 is 4.34. The van der Waals surface area contributed by atoms with E-state index in [4.69, 9.17) is 6.42 Å². The fraction of sp³-hybridized carbons (Fsp3) is 0.571. The third-order valence-electron chi connectivity index (χ3n) is 0.883. The van der Waals surface area contributed by atoms with E-state index in [2.05, 4.69) is 10.7 Å². The predicted molar refractivity (Wildman–Crippen MR) is 34.3 cm³/mol. The number of terminal acetylenes is 1. The maximum Gasteiger partial charge on any atom is 0.417 e. The number of hydrogen-bond acceptors (Lipinski definition) is 2. The van der Waals surface area contributed by atoms with Crippen molar-refractivity contribution >= 4 is 6.47 Å². The first-order chi connectivity index (χ1) is 4.12. The molecule has 2 heteroatoms. The van der Waals surface area contributed by atoms with Crippen LogP contribution < -0.4 is 0 Å². The first-order valence-electron chi connectivity index (χ1n) is 2.59. The zero-order valence-corrected chi connectivity index (χ0v) is 5.60. The van der Waals surface area contributed by atoms with E-state index in [1.807, 2.05) is 13.8 Å². The SMILES string of the molecule is C#CC(C)(C)CO[C]=O. The van der Waals surface area contributed by atoms with Crippen molar-refractivity contribution in [2.24, 2.45) is 5.41 Å². The highest BCUT2D eigenvalue weighted by atomic mass is 16.5. The summed E-state index contributed by atoms with van der Waals surface area (Å²) in [5.74, 6) is 2.47. The lowest BCUT2D eigenvalue weighted by Crippen LogP contribution is -2.15. The molecule has 49 valence electrons. The summed E-state index contributed by atoms with van der Waals surface area (Å²) in [6.07, 6.45) is 5.09. The van der Waals surface area contributed by atoms with Gasteiger partial charge in [-0.2, -0.15) is 0 Å². The van der Waals surface area contributed by atoms with Gasteiger partial charge < -0.3 is 4.74 Å². The summed E-state index contributed by atoms with van der Waals surface area (Å²) in [5.41, 5.74) is -0.364. The van der Waals surface area contributed by atoms with Crippen LogP contribution in [0.15, 0.2) is 0 Å². The molecular weight excluding hydrogens is 116 g/mol. The van der Waals surface area contributed by atoms with E-state index in [0.717, 1.165) is 0 Å². The Kier molecular flexibility index (Phi) is 2.80.